The Hall–Kier alpha value is -1.77. The van der Waals surface area contributed by atoms with E-state index in [1.165, 1.54) is 12.5 Å². The van der Waals surface area contributed by atoms with Crippen molar-refractivity contribution in [2.45, 2.75) is 34.1 Å². The van der Waals surface area contributed by atoms with Crippen LogP contribution < -0.4 is 9.47 Å². The van der Waals surface area contributed by atoms with Gasteiger partial charge in [-0.2, -0.15) is 0 Å². The van der Waals surface area contributed by atoms with Crippen LogP contribution in [0, 0.1) is 5.92 Å². The number of benzene rings is 1. The molecule has 1 unspecified atom stereocenters. The summed E-state index contributed by atoms with van der Waals surface area (Å²) in [7, 11) is 3.15. The van der Waals surface area contributed by atoms with Gasteiger partial charge in [-0.1, -0.05) is 19.9 Å². The smallest absolute Gasteiger partial charge is 0.167 e. The van der Waals surface area contributed by atoms with Gasteiger partial charge in [-0.05, 0) is 49.5 Å². The third-order valence-electron chi connectivity index (χ3n) is 3.65. The molecule has 0 N–H and O–H groups in total. The van der Waals surface area contributed by atoms with E-state index < -0.39 is 0 Å². The average molecular weight is 276 g/mol. The van der Waals surface area contributed by atoms with Crippen LogP contribution >= 0.6 is 0 Å². The van der Waals surface area contributed by atoms with Crippen molar-refractivity contribution >= 4 is 11.4 Å². The highest BCUT2D eigenvalue weighted by Gasteiger charge is 2.19. The molecular formula is C17H24O3. The number of carbonyl (C=O) groups excluding carboxylic acids is 1. The maximum atomic E-state index is 11.8. The molecule has 0 aliphatic carbocycles. The number of Topliss-reactive ketones (excluding diaryl/α,β-unsaturated/α-hetero) is 1. The van der Waals surface area contributed by atoms with E-state index in [-0.39, 0.29) is 5.78 Å². The van der Waals surface area contributed by atoms with E-state index in [9.17, 15) is 4.79 Å². The number of rotatable bonds is 6. The van der Waals surface area contributed by atoms with Crippen molar-refractivity contribution in [3.63, 3.8) is 0 Å². The van der Waals surface area contributed by atoms with Gasteiger partial charge >= 0.3 is 0 Å². The minimum atomic E-state index is -0.0594. The van der Waals surface area contributed by atoms with Crippen molar-refractivity contribution in [3.05, 3.63) is 29.3 Å². The van der Waals surface area contributed by atoms with Gasteiger partial charge in [0, 0.05) is 0 Å². The van der Waals surface area contributed by atoms with Gasteiger partial charge in [0.25, 0.3) is 0 Å². The number of hydrogen-bond acceptors (Lipinski definition) is 3. The fraction of sp³-hybridized carbons (Fsp3) is 0.471. The number of methoxy groups -OCH3 is 2. The predicted octanol–water partition coefficient (Wildman–Crippen LogP) is 4.36. The lowest BCUT2D eigenvalue weighted by atomic mass is 9.90. The summed E-state index contributed by atoms with van der Waals surface area (Å²) in [6, 6.07) is 3.83. The molecular weight excluding hydrogens is 252 g/mol. The molecule has 0 radical (unpaired) electrons. The molecule has 1 aromatic carbocycles. The van der Waals surface area contributed by atoms with Crippen LogP contribution in [0.5, 0.6) is 11.5 Å². The van der Waals surface area contributed by atoms with Crippen molar-refractivity contribution in [3.8, 4) is 11.5 Å². The Morgan fingerprint density at radius 1 is 1.25 bits per heavy atom. The first-order valence-corrected chi connectivity index (χ1v) is 6.93. The molecule has 0 spiro atoms. The maximum Gasteiger partial charge on any atom is 0.167 e. The quantitative estimate of drug-likeness (QED) is 0.724. The average Bonchev–Trinajstić information content (AvgIpc) is 2.46. The monoisotopic (exact) mass is 276 g/mol. The van der Waals surface area contributed by atoms with Crippen LogP contribution in [0.25, 0.3) is 5.57 Å². The fourth-order valence-corrected chi connectivity index (χ4v) is 2.38. The molecule has 0 fully saturated rings. The van der Waals surface area contributed by atoms with Crippen LogP contribution in [0.4, 0.5) is 0 Å². The first-order chi connectivity index (χ1) is 9.49. The molecule has 1 rings (SSSR count). The molecule has 0 saturated heterocycles. The summed E-state index contributed by atoms with van der Waals surface area (Å²) < 4.78 is 10.7. The highest BCUT2D eigenvalue weighted by Crippen LogP contribution is 2.36. The van der Waals surface area contributed by atoms with Crippen molar-refractivity contribution in [1.29, 1.82) is 0 Å². The molecule has 1 aromatic rings. The van der Waals surface area contributed by atoms with E-state index in [4.69, 9.17) is 9.47 Å². The summed E-state index contributed by atoms with van der Waals surface area (Å²) in [6.07, 6.45) is 3.16. The molecule has 110 valence electrons. The largest absolute Gasteiger partial charge is 0.496 e. The summed E-state index contributed by atoms with van der Waals surface area (Å²) in [4.78, 5) is 11.8. The normalized spacial score (nSPS) is 13.0. The van der Waals surface area contributed by atoms with Crippen LogP contribution in [0.3, 0.4) is 0 Å². The zero-order valence-electron chi connectivity index (χ0n) is 13.2. The Kier molecular flexibility index (Phi) is 5.81. The molecule has 0 aliphatic heterocycles. The summed E-state index contributed by atoms with van der Waals surface area (Å²) in [5, 5.41) is 0. The Labute approximate surface area is 121 Å². The minimum absolute atomic E-state index is 0.0594. The molecule has 0 aliphatic rings. The van der Waals surface area contributed by atoms with E-state index in [1.54, 1.807) is 14.2 Å². The zero-order chi connectivity index (χ0) is 15.3. The van der Waals surface area contributed by atoms with Crippen molar-refractivity contribution < 1.29 is 14.3 Å². The topological polar surface area (TPSA) is 35.5 Å². The minimum Gasteiger partial charge on any atom is -0.496 e. The summed E-state index contributed by atoms with van der Waals surface area (Å²) in [6.45, 7) is 7.89. The Bertz CT molecular complexity index is 490. The number of carbonyl (C=O) groups is 1. The van der Waals surface area contributed by atoms with E-state index in [1.807, 2.05) is 19.1 Å². The molecule has 3 nitrogen and oxygen atoms in total. The number of ether oxygens (including phenoxy) is 2. The SMILES string of the molecule is C/C=C(/c1cc(OC)c(C(C)=O)c(OC)c1)C(C)CC. The molecule has 1 atom stereocenters. The van der Waals surface area contributed by atoms with Crippen molar-refractivity contribution in [1.82, 2.24) is 0 Å². The van der Waals surface area contributed by atoms with Crippen LogP contribution in [0.2, 0.25) is 0 Å². The lowest BCUT2D eigenvalue weighted by molar-refractivity contribution is 0.101. The Morgan fingerprint density at radius 3 is 2.05 bits per heavy atom. The number of hydrogen-bond donors (Lipinski definition) is 0. The van der Waals surface area contributed by atoms with Crippen LogP contribution in [0.1, 0.15) is 50.0 Å². The van der Waals surface area contributed by atoms with E-state index >= 15 is 0 Å². The van der Waals surface area contributed by atoms with Gasteiger partial charge in [0.05, 0.1) is 14.2 Å². The lowest BCUT2D eigenvalue weighted by Gasteiger charge is -2.18. The fourth-order valence-electron chi connectivity index (χ4n) is 2.38. The second-order valence-corrected chi connectivity index (χ2v) is 4.87. The predicted molar refractivity (Wildman–Crippen MR) is 82.7 cm³/mol. The maximum absolute atomic E-state index is 11.8. The second-order valence-electron chi connectivity index (χ2n) is 4.87. The molecule has 0 amide bonds. The van der Waals surface area contributed by atoms with Gasteiger partial charge in [0.15, 0.2) is 5.78 Å². The second kappa shape index (κ2) is 7.13. The first-order valence-electron chi connectivity index (χ1n) is 6.93. The van der Waals surface area contributed by atoms with Crippen molar-refractivity contribution in [2.24, 2.45) is 5.92 Å². The van der Waals surface area contributed by atoms with E-state index in [2.05, 4.69) is 19.9 Å². The highest BCUT2D eigenvalue weighted by molar-refractivity contribution is 6.00. The molecule has 0 saturated carbocycles. The molecule has 0 bridgehead atoms. The molecule has 3 heteroatoms. The Morgan fingerprint density at radius 2 is 1.75 bits per heavy atom. The zero-order valence-corrected chi connectivity index (χ0v) is 13.2. The van der Waals surface area contributed by atoms with Crippen molar-refractivity contribution in [2.75, 3.05) is 14.2 Å². The standard InChI is InChI=1S/C17H24O3/c1-7-11(3)14(8-2)13-9-15(19-5)17(12(4)18)16(10-13)20-6/h8-11H,7H2,1-6H3/b14-8+. The van der Waals surface area contributed by atoms with Gasteiger partial charge in [-0.15, -0.1) is 0 Å². The summed E-state index contributed by atoms with van der Waals surface area (Å²) >= 11 is 0. The third-order valence-corrected chi connectivity index (χ3v) is 3.65. The van der Waals surface area contributed by atoms with Crippen LogP contribution in [-0.2, 0) is 0 Å². The summed E-state index contributed by atoms with van der Waals surface area (Å²) in [5.74, 6) is 1.51. The van der Waals surface area contributed by atoms with Gasteiger partial charge in [-0.25, -0.2) is 0 Å². The summed E-state index contributed by atoms with van der Waals surface area (Å²) in [5.41, 5.74) is 2.78. The number of allylic oxidation sites excluding steroid dienone is 2. The van der Waals surface area contributed by atoms with Crippen LogP contribution in [-0.4, -0.2) is 20.0 Å². The van der Waals surface area contributed by atoms with Gasteiger partial charge < -0.3 is 9.47 Å². The number of ketones is 1. The van der Waals surface area contributed by atoms with Crippen LogP contribution in [0.15, 0.2) is 18.2 Å². The van der Waals surface area contributed by atoms with Gasteiger partial charge in [0.2, 0.25) is 0 Å². The Balaban J connectivity index is 3.48. The highest BCUT2D eigenvalue weighted by atomic mass is 16.5. The molecule has 0 heterocycles. The van der Waals surface area contributed by atoms with E-state index in [0.29, 0.717) is 23.0 Å². The third kappa shape index (κ3) is 3.21. The van der Waals surface area contributed by atoms with E-state index in [0.717, 1.165) is 12.0 Å². The molecule has 20 heavy (non-hydrogen) atoms. The molecule has 0 aromatic heterocycles. The lowest BCUT2D eigenvalue weighted by Crippen LogP contribution is -2.04. The first kappa shape index (κ1) is 16.3. The van der Waals surface area contributed by atoms with Gasteiger partial charge in [-0.3, -0.25) is 4.79 Å². The van der Waals surface area contributed by atoms with Gasteiger partial charge in [0.1, 0.15) is 17.1 Å².